The third kappa shape index (κ3) is 2.36. The summed E-state index contributed by atoms with van der Waals surface area (Å²) < 4.78 is 0. The van der Waals surface area contributed by atoms with Gasteiger partial charge in [0.05, 0.1) is 5.03 Å². The lowest BCUT2D eigenvalue weighted by Crippen LogP contribution is -1.76. The van der Waals surface area contributed by atoms with Crippen molar-refractivity contribution in [1.29, 1.82) is 0 Å². The van der Waals surface area contributed by atoms with E-state index in [0.29, 0.717) is 16.3 Å². The van der Waals surface area contributed by atoms with Crippen LogP contribution in [-0.4, -0.2) is 6.29 Å². The van der Waals surface area contributed by atoms with Crippen molar-refractivity contribution in [2.24, 2.45) is 0 Å². The van der Waals surface area contributed by atoms with Gasteiger partial charge in [-0.05, 0) is 23.8 Å². The van der Waals surface area contributed by atoms with Crippen LogP contribution in [0.3, 0.4) is 0 Å². The van der Waals surface area contributed by atoms with Gasteiger partial charge in [0.2, 0.25) is 0 Å². The summed E-state index contributed by atoms with van der Waals surface area (Å²) >= 11 is 11.5. The van der Waals surface area contributed by atoms with Gasteiger partial charge in [0.25, 0.3) is 0 Å². The van der Waals surface area contributed by atoms with Crippen LogP contribution in [0.5, 0.6) is 0 Å². The van der Waals surface area contributed by atoms with Crippen LogP contribution in [0.4, 0.5) is 0 Å². The maximum Gasteiger partial charge on any atom is 0.144 e. The summed E-state index contributed by atoms with van der Waals surface area (Å²) in [7, 11) is 0. The lowest BCUT2D eigenvalue weighted by Gasteiger charge is -1.97. The highest BCUT2D eigenvalue weighted by Gasteiger charge is 1.96. The van der Waals surface area contributed by atoms with Crippen molar-refractivity contribution in [2.75, 3.05) is 0 Å². The normalized spacial score (nSPS) is 11.3. The molecule has 12 heavy (non-hydrogen) atoms. The lowest BCUT2D eigenvalue weighted by molar-refractivity contribution is -0.104. The van der Waals surface area contributed by atoms with Crippen molar-refractivity contribution in [2.45, 2.75) is 0 Å². The summed E-state index contributed by atoms with van der Waals surface area (Å²) in [5.74, 6) is 0. The molecule has 0 spiro atoms. The Hall–Kier alpha value is -0.790. The smallest absolute Gasteiger partial charge is 0.144 e. The van der Waals surface area contributed by atoms with Crippen molar-refractivity contribution < 1.29 is 4.79 Å². The Bertz CT molecular complexity index is 318. The molecule has 1 nitrogen and oxygen atoms in total. The van der Waals surface area contributed by atoms with Crippen molar-refractivity contribution >= 4 is 34.5 Å². The molecule has 1 rings (SSSR count). The van der Waals surface area contributed by atoms with Crippen LogP contribution in [0, 0.1) is 0 Å². The van der Waals surface area contributed by atoms with Crippen LogP contribution in [0.2, 0.25) is 5.02 Å². The largest absolute Gasteiger partial charge is 0.299 e. The number of halogens is 2. The fourth-order valence-corrected chi connectivity index (χ4v) is 1.15. The van der Waals surface area contributed by atoms with Gasteiger partial charge in [-0.1, -0.05) is 35.3 Å². The van der Waals surface area contributed by atoms with Crippen LogP contribution in [0.15, 0.2) is 30.3 Å². The molecule has 0 heterocycles. The van der Waals surface area contributed by atoms with E-state index in [1.165, 1.54) is 6.08 Å². The first-order valence-electron chi connectivity index (χ1n) is 3.31. The van der Waals surface area contributed by atoms with Gasteiger partial charge in [-0.15, -0.1) is 0 Å². The standard InChI is InChI=1S/C9H6Cl2O/c10-8-3-1-2-7(6-8)9(11)4-5-12/h1-6H/b9-4+. The Kier molecular flexibility index (Phi) is 3.32. The Morgan fingerprint density at radius 1 is 1.42 bits per heavy atom. The summed E-state index contributed by atoms with van der Waals surface area (Å²) in [5.41, 5.74) is 0.747. The van der Waals surface area contributed by atoms with Gasteiger partial charge in [-0.2, -0.15) is 0 Å². The number of carbonyl (C=O) groups excluding carboxylic acids is 1. The summed E-state index contributed by atoms with van der Waals surface area (Å²) in [4.78, 5) is 10.1. The summed E-state index contributed by atoms with van der Waals surface area (Å²) in [6.07, 6.45) is 1.93. The average molecular weight is 201 g/mol. The molecule has 0 amide bonds. The molecule has 1 aromatic rings. The summed E-state index contributed by atoms with van der Waals surface area (Å²) in [6, 6.07) is 7.01. The minimum Gasteiger partial charge on any atom is -0.299 e. The Balaban J connectivity index is 3.03. The monoisotopic (exact) mass is 200 g/mol. The maximum atomic E-state index is 10.1. The first-order chi connectivity index (χ1) is 5.74. The molecule has 0 aliphatic carbocycles. The number of carbonyl (C=O) groups is 1. The first kappa shape index (κ1) is 9.30. The van der Waals surface area contributed by atoms with Gasteiger partial charge in [0.1, 0.15) is 6.29 Å². The van der Waals surface area contributed by atoms with Crippen LogP contribution < -0.4 is 0 Å². The van der Waals surface area contributed by atoms with Crippen molar-refractivity contribution in [1.82, 2.24) is 0 Å². The van der Waals surface area contributed by atoms with Crippen LogP contribution >= 0.6 is 23.2 Å². The van der Waals surface area contributed by atoms with Gasteiger partial charge in [-0.3, -0.25) is 4.79 Å². The number of benzene rings is 1. The first-order valence-corrected chi connectivity index (χ1v) is 4.06. The number of hydrogen-bond donors (Lipinski definition) is 0. The summed E-state index contributed by atoms with van der Waals surface area (Å²) in [6.45, 7) is 0. The van der Waals surface area contributed by atoms with E-state index in [-0.39, 0.29) is 0 Å². The number of aldehydes is 1. The fourth-order valence-electron chi connectivity index (χ4n) is 0.793. The van der Waals surface area contributed by atoms with Gasteiger partial charge in [0, 0.05) is 5.02 Å². The quantitative estimate of drug-likeness (QED) is 0.530. The topological polar surface area (TPSA) is 17.1 Å². The third-order valence-electron chi connectivity index (χ3n) is 1.31. The van der Waals surface area contributed by atoms with Gasteiger partial charge in [0.15, 0.2) is 0 Å². The zero-order valence-corrected chi connectivity index (χ0v) is 7.64. The molecule has 3 heteroatoms. The number of rotatable bonds is 2. The van der Waals surface area contributed by atoms with E-state index in [1.807, 2.05) is 0 Å². The Morgan fingerprint density at radius 2 is 2.17 bits per heavy atom. The van der Waals surface area contributed by atoms with E-state index >= 15 is 0 Å². The van der Waals surface area contributed by atoms with Crippen LogP contribution in [-0.2, 0) is 4.79 Å². The van der Waals surface area contributed by atoms with E-state index in [2.05, 4.69) is 0 Å². The highest BCUT2D eigenvalue weighted by molar-refractivity contribution is 6.49. The molecular formula is C9H6Cl2O. The fraction of sp³-hybridized carbons (Fsp3) is 0. The molecular weight excluding hydrogens is 195 g/mol. The summed E-state index contributed by atoms with van der Waals surface area (Å²) in [5, 5.41) is 0.998. The Labute approximate surface area is 80.6 Å². The van der Waals surface area contributed by atoms with Crippen LogP contribution in [0.25, 0.3) is 5.03 Å². The van der Waals surface area contributed by atoms with E-state index < -0.39 is 0 Å². The second-order valence-corrected chi connectivity index (χ2v) is 3.00. The van der Waals surface area contributed by atoms with Gasteiger partial charge < -0.3 is 0 Å². The number of hydrogen-bond acceptors (Lipinski definition) is 1. The zero-order chi connectivity index (χ0) is 8.97. The minimum atomic E-state index is 0.396. The minimum absolute atomic E-state index is 0.396. The molecule has 0 atom stereocenters. The molecule has 0 radical (unpaired) electrons. The molecule has 1 aromatic carbocycles. The SMILES string of the molecule is O=C/C=C(/Cl)c1cccc(Cl)c1. The van der Waals surface area contributed by atoms with Gasteiger partial charge >= 0.3 is 0 Å². The predicted molar refractivity (Wildman–Crippen MR) is 51.3 cm³/mol. The van der Waals surface area contributed by atoms with Gasteiger partial charge in [-0.25, -0.2) is 0 Å². The second kappa shape index (κ2) is 4.29. The molecule has 0 saturated heterocycles. The molecule has 0 fully saturated rings. The Morgan fingerprint density at radius 3 is 2.75 bits per heavy atom. The van der Waals surface area contributed by atoms with E-state index in [4.69, 9.17) is 23.2 Å². The molecule has 0 bridgehead atoms. The maximum absolute atomic E-state index is 10.1. The highest BCUT2D eigenvalue weighted by Crippen LogP contribution is 2.21. The van der Waals surface area contributed by atoms with Crippen molar-refractivity contribution in [3.63, 3.8) is 0 Å². The number of allylic oxidation sites excluding steroid dienone is 1. The molecule has 0 aliphatic rings. The third-order valence-corrected chi connectivity index (χ3v) is 1.89. The molecule has 0 saturated carbocycles. The highest BCUT2D eigenvalue weighted by atomic mass is 35.5. The van der Waals surface area contributed by atoms with Crippen molar-refractivity contribution in [3.05, 3.63) is 40.9 Å². The van der Waals surface area contributed by atoms with Crippen LogP contribution in [0.1, 0.15) is 5.56 Å². The van der Waals surface area contributed by atoms with Crippen molar-refractivity contribution in [3.8, 4) is 0 Å². The van der Waals surface area contributed by atoms with E-state index in [1.54, 1.807) is 24.3 Å². The second-order valence-electron chi connectivity index (χ2n) is 2.16. The molecule has 0 aliphatic heterocycles. The van der Waals surface area contributed by atoms with E-state index in [9.17, 15) is 4.79 Å². The lowest BCUT2D eigenvalue weighted by atomic mass is 10.2. The average Bonchev–Trinajstić information content (AvgIpc) is 2.05. The molecule has 0 unspecified atom stereocenters. The molecule has 62 valence electrons. The molecule has 0 N–H and O–H groups in total. The zero-order valence-electron chi connectivity index (χ0n) is 6.13. The van der Waals surface area contributed by atoms with E-state index in [0.717, 1.165) is 5.56 Å². The molecule has 0 aromatic heterocycles. The predicted octanol–water partition coefficient (Wildman–Crippen LogP) is 3.12.